The Kier molecular flexibility index (Phi) is 6.08. The van der Waals surface area contributed by atoms with Crippen molar-refractivity contribution in [3.05, 3.63) is 64.7 Å². The summed E-state index contributed by atoms with van der Waals surface area (Å²) in [7, 11) is -1.90. The number of amides is 1. The summed E-state index contributed by atoms with van der Waals surface area (Å²) in [6, 6.07) is 13.2. The molecule has 1 atom stereocenters. The van der Waals surface area contributed by atoms with Gasteiger partial charge in [-0.2, -0.15) is 0 Å². The van der Waals surface area contributed by atoms with Gasteiger partial charge in [0.25, 0.3) is 5.91 Å². The van der Waals surface area contributed by atoms with Crippen molar-refractivity contribution in [2.24, 2.45) is 0 Å². The second-order valence-electron chi connectivity index (χ2n) is 7.45. The second-order valence-corrected chi connectivity index (χ2v) is 9.46. The van der Waals surface area contributed by atoms with Crippen LogP contribution in [0.5, 0.6) is 0 Å². The molecule has 1 amide bonds. The summed E-state index contributed by atoms with van der Waals surface area (Å²) >= 11 is 0. The first-order valence-electron chi connectivity index (χ1n) is 9.76. The lowest BCUT2D eigenvalue weighted by atomic mass is 9.88. The van der Waals surface area contributed by atoms with Crippen LogP contribution in [0, 0.1) is 0 Å². The van der Waals surface area contributed by atoms with Crippen LogP contribution in [0.4, 0.5) is 5.69 Å². The van der Waals surface area contributed by atoms with E-state index in [1.807, 2.05) is 0 Å². The van der Waals surface area contributed by atoms with Gasteiger partial charge in [0.15, 0.2) is 0 Å². The fourth-order valence-electron chi connectivity index (χ4n) is 3.67. The maximum absolute atomic E-state index is 12.8. The van der Waals surface area contributed by atoms with Gasteiger partial charge in [0.2, 0.25) is 10.0 Å². The van der Waals surface area contributed by atoms with E-state index >= 15 is 0 Å². The van der Waals surface area contributed by atoms with Crippen LogP contribution in [0.1, 0.15) is 59.3 Å². The molecule has 3 rings (SSSR count). The number of rotatable bonds is 6. The summed E-state index contributed by atoms with van der Waals surface area (Å²) in [6.45, 7) is 2.05. The Hall–Kier alpha value is -2.34. The van der Waals surface area contributed by atoms with E-state index in [-0.39, 0.29) is 11.9 Å². The Morgan fingerprint density at radius 2 is 1.82 bits per heavy atom. The summed E-state index contributed by atoms with van der Waals surface area (Å²) in [5, 5.41) is 3.10. The third-order valence-corrected chi connectivity index (χ3v) is 6.66. The van der Waals surface area contributed by atoms with Crippen molar-refractivity contribution in [2.75, 3.05) is 17.6 Å². The highest BCUT2D eigenvalue weighted by Crippen LogP contribution is 2.26. The number of nitrogens with one attached hydrogen (secondary N) is 1. The molecular formula is C22H28N2O3S. The zero-order valence-electron chi connectivity index (χ0n) is 16.7. The molecule has 0 fully saturated rings. The Labute approximate surface area is 167 Å². The van der Waals surface area contributed by atoms with E-state index in [0.29, 0.717) is 11.3 Å². The predicted octanol–water partition coefficient (Wildman–Crippen LogP) is 3.84. The molecule has 0 aliphatic heterocycles. The Bertz CT molecular complexity index is 969. The number of fused-ring (bicyclic) bond motifs is 1. The molecule has 0 aromatic heterocycles. The minimum Gasteiger partial charge on any atom is -0.345 e. The first-order chi connectivity index (χ1) is 13.3. The van der Waals surface area contributed by atoms with Gasteiger partial charge < -0.3 is 5.32 Å². The minimum atomic E-state index is -3.38. The topological polar surface area (TPSA) is 66.5 Å². The van der Waals surface area contributed by atoms with Crippen molar-refractivity contribution in [1.29, 1.82) is 0 Å². The molecule has 0 saturated carbocycles. The highest BCUT2D eigenvalue weighted by molar-refractivity contribution is 7.92. The fourth-order valence-corrected chi connectivity index (χ4v) is 4.16. The van der Waals surface area contributed by atoms with Crippen LogP contribution in [0.25, 0.3) is 0 Å². The Morgan fingerprint density at radius 1 is 1.11 bits per heavy atom. The van der Waals surface area contributed by atoms with Crippen LogP contribution in [0.15, 0.2) is 42.5 Å². The van der Waals surface area contributed by atoms with Crippen molar-refractivity contribution < 1.29 is 13.2 Å². The van der Waals surface area contributed by atoms with Crippen molar-refractivity contribution in [1.82, 2.24) is 5.32 Å². The molecule has 5 nitrogen and oxygen atoms in total. The van der Waals surface area contributed by atoms with E-state index in [9.17, 15) is 13.2 Å². The van der Waals surface area contributed by atoms with Crippen LogP contribution in [0.2, 0.25) is 0 Å². The molecule has 0 unspecified atom stereocenters. The number of nitrogens with zero attached hydrogens (tertiary/aromatic N) is 1. The zero-order valence-corrected chi connectivity index (χ0v) is 17.6. The quantitative estimate of drug-likeness (QED) is 0.801. The number of hydrogen-bond acceptors (Lipinski definition) is 3. The van der Waals surface area contributed by atoms with E-state index < -0.39 is 10.0 Å². The van der Waals surface area contributed by atoms with Gasteiger partial charge in [0, 0.05) is 12.6 Å². The van der Waals surface area contributed by atoms with Gasteiger partial charge in [0.05, 0.1) is 18.0 Å². The lowest BCUT2D eigenvalue weighted by Crippen LogP contribution is -2.29. The zero-order chi connectivity index (χ0) is 20.3. The Balaban J connectivity index is 1.79. The maximum Gasteiger partial charge on any atom is 0.251 e. The smallest absolute Gasteiger partial charge is 0.251 e. The van der Waals surface area contributed by atoms with Crippen LogP contribution in [-0.4, -0.2) is 27.6 Å². The first-order valence-corrected chi connectivity index (χ1v) is 11.6. The van der Waals surface area contributed by atoms with Crippen LogP contribution >= 0.6 is 0 Å². The number of sulfonamides is 1. The maximum atomic E-state index is 12.8. The molecule has 28 heavy (non-hydrogen) atoms. The molecule has 0 heterocycles. The van der Waals surface area contributed by atoms with E-state index in [4.69, 9.17) is 0 Å². The third-order valence-electron chi connectivity index (χ3n) is 5.46. The monoisotopic (exact) mass is 400 g/mol. The van der Waals surface area contributed by atoms with Crippen molar-refractivity contribution >= 4 is 21.6 Å². The normalized spacial score (nSPS) is 14.8. The van der Waals surface area contributed by atoms with Crippen molar-refractivity contribution in [2.45, 2.75) is 45.1 Å². The third kappa shape index (κ3) is 4.55. The number of aryl methyl sites for hydroxylation is 2. The van der Waals surface area contributed by atoms with E-state index in [1.165, 1.54) is 35.3 Å². The fraction of sp³-hybridized carbons (Fsp3) is 0.409. The lowest BCUT2D eigenvalue weighted by Gasteiger charge is -2.22. The molecule has 0 saturated heterocycles. The van der Waals surface area contributed by atoms with Crippen molar-refractivity contribution in [3.63, 3.8) is 0 Å². The average Bonchev–Trinajstić information content (AvgIpc) is 2.70. The highest BCUT2D eigenvalue weighted by Gasteiger charge is 2.18. The molecule has 1 aliphatic carbocycles. The van der Waals surface area contributed by atoms with E-state index in [2.05, 4.69) is 30.4 Å². The number of hydrogen-bond donors (Lipinski definition) is 1. The number of carbonyl (C=O) groups excluding carboxylic acids is 1. The van der Waals surface area contributed by atoms with E-state index in [0.717, 1.165) is 31.1 Å². The van der Waals surface area contributed by atoms with Gasteiger partial charge in [-0.05, 0) is 67.0 Å². The highest BCUT2D eigenvalue weighted by atomic mass is 32.2. The molecule has 1 aliphatic rings. The summed E-state index contributed by atoms with van der Waals surface area (Å²) in [4.78, 5) is 12.8. The molecule has 1 N–H and O–H groups in total. The van der Waals surface area contributed by atoms with Gasteiger partial charge in [-0.25, -0.2) is 8.42 Å². The molecule has 150 valence electrons. The molecule has 0 radical (unpaired) electrons. The molecular weight excluding hydrogens is 372 g/mol. The van der Waals surface area contributed by atoms with Crippen molar-refractivity contribution in [3.8, 4) is 0 Å². The molecule has 2 aromatic rings. The second kappa shape index (κ2) is 8.35. The summed E-state index contributed by atoms with van der Waals surface area (Å²) in [5.74, 6) is -0.201. The van der Waals surface area contributed by atoms with Gasteiger partial charge in [-0.1, -0.05) is 31.2 Å². The Morgan fingerprint density at radius 3 is 2.50 bits per heavy atom. The molecule has 0 spiro atoms. The molecule has 6 heteroatoms. The minimum absolute atomic E-state index is 0.0731. The van der Waals surface area contributed by atoms with Crippen LogP contribution in [-0.2, 0) is 22.9 Å². The van der Waals surface area contributed by atoms with Crippen LogP contribution < -0.4 is 9.62 Å². The largest absolute Gasteiger partial charge is 0.345 e. The summed E-state index contributed by atoms with van der Waals surface area (Å²) < 4.78 is 24.7. The lowest BCUT2D eigenvalue weighted by molar-refractivity contribution is 0.0935. The summed E-state index contributed by atoms with van der Waals surface area (Å²) in [6.07, 6.45) is 6.64. The van der Waals surface area contributed by atoms with Crippen LogP contribution in [0.3, 0.4) is 0 Å². The number of benzene rings is 2. The molecule has 2 aromatic carbocycles. The van der Waals surface area contributed by atoms with E-state index in [1.54, 1.807) is 24.3 Å². The number of carbonyl (C=O) groups is 1. The first kappa shape index (κ1) is 20.4. The SMILES string of the molecule is CC[C@@H](NC(=O)c1cccc(N(C)S(C)(=O)=O)c1)c1ccc2c(c1)CCCC2. The average molecular weight is 401 g/mol. The van der Waals surface area contributed by atoms with Gasteiger partial charge in [0.1, 0.15) is 0 Å². The van der Waals surface area contributed by atoms with Gasteiger partial charge in [-0.15, -0.1) is 0 Å². The number of anilines is 1. The standard InChI is InChI=1S/C22H28N2O3S/c1-4-21(18-13-12-16-8-5-6-9-17(16)14-18)23-22(25)19-10-7-11-20(15-19)24(2)28(3,26)27/h7,10-15,21H,4-6,8-9H2,1-3H3,(H,23,25)/t21-/m1/s1. The van der Waals surface area contributed by atoms with Gasteiger partial charge >= 0.3 is 0 Å². The van der Waals surface area contributed by atoms with Gasteiger partial charge in [-0.3, -0.25) is 9.10 Å². The predicted molar refractivity (Wildman–Crippen MR) is 113 cm³/mol. The summed E-state index contributed by atoms with van der Waals surface area (Å²) in [5.41, 5.74) is 4.86. The molecule has 0 bridgehead atoms.